The van der Waals surface area contributed by atoms with Gasteiger partial charge in [0.1, 0.15) is 5.82 Å². The van der Waals surface area contributed by atoms with Gasteiger partial charge < -0.3 is 5.73 Å². The lowest BCUT2D eigenvalue weighted by atomic mass is 9.84. The number of rotatable bonds is 6. The predicted molar refractivity (Wildman–Crippen MR) is 104 cm³/mol. The SMILES string of the molecule is CC(C)n1ncc(-c2ccnc(CC3CCC(N)CC3)n2)c1CC1CC1. The Morgan fingerprint density at radius 1 is 1.08 bits per heavy atom. The number of hydrogen-bond acceptors (Lipinski definition) is 4. The van der Waals surface area contributed by atoms with E-state index in [0.717, 1.165) is 43.1 Å². The summed E-state index contributed by atoms with van der Waals surface area (Å²) in [7, 11) is 0. The van der Waals surface area contributed by atoms with Crippen molar-refractivity contribution >= 4 is 0 Å². The first-order valence-corrected chi connectivity index (χ1v) is 10.2. The van der Waals surface area contributed by atoms with Crippen LogP contribution in [-0.4, -0.2) is 25.8 Å². The zero-order chi connectivity index (χ0) is 18.1. The van der Waals surface area contributed by atoms with E-state index >= 15 is 0 Å². The van der Waals surface area contributed by atoms with Gasteiger partial charge in [0.25, 0.3) is 0 Å². The molecule has 2 aliphatic rings. The molecule has 2 heterocycles. The van der Waals surface area contributed by atoms with E-state index in [1.165, 1.54) is 36.9 Å². The summed E-state index contributed by atoms with van der Waals surface area (Å²) in [6, 6.07) is 2.81. The van der Waals surface area contributed by atoms with Gasteiger partial charge in [0.15, 0.2) is 0 Å². The molecular formula is C21H31N5. The molecule has 0 aromatic carbocycles. The van der Waals surface area contributed by atoms with Crippen LogP contribution in [0.5, 0.6) is 0 Å². The van der Waals surface area contributed by atoms with E-state index < -0.39 is 0 Å². The minimum Gasteiger partial charge on any atom is -0.328 e. The van der Waals surface area contributed by atoms with Crippen molar-refractivity contribution in [2.24, 2.45) is 17.6 Å². The maximum Gasteiger partial charge on any atom is 0.129 e. The highest BCUT2D eigenvalue weighted by Crippen LogP contribution is 2.36. The third-order valence-corrected chi connectivity index (χ3v) is 5.91. The van der Waals surface area contributed by atoms with Crippen LogP contribution in [0.2, 0.25) is 0 Å². The minimum absolute atomic E-state index is 0.380. The molecule has 0 unspecified atom stereocenters. The van der Waals surface area contributed by atoms with Crippen LogP contribution in [0.4, 0.5) is 0 Å². The van der Waals surface area contributed by atoms with Crippen molar-refractivity contribution in [2.75, 3.05) is 0 Å². The van der Waals surface area contributed by atoms with Crippen molar-refractivity contribution in [1.82, 2.24) is 19.7 Å². The molecule has 5 nitrogen and oxygen atoms in total. The minimum atomic E-state index is 0.380. The Bertz CT molecular complexity index is 739. The van der Waals surface area contributed by atoms with E-state index in [1.54, 1.807) is 0 Å². The Morgan fingerprint density at radius 3 is 2.46 bits per heavy atom. The summed E-state index contributed by atoms with van der Waals surface area (Å²) in [5, 5.41) is 4.67. The smallest absolute Gasteiger partial charge is 0.129 e. The molecule has 5 heteroatoms. The normalized spacial score (nSPS) is 23.5. The maximum absolute atomic E-state index is 6.04. The fourth-order valence-corrected chi connectivity index (χ4v) is 4.14. The van der Waals surface area contributed by atoms with Crippen LogP contribution in [0.25, 0.3) is 11.3 Å². The highest BCUT2D eigenvalue weighted by atomic mass is 15.3. The fraction of sp³-hybridized carbons (Fsp3) is 0.667. The first kappa shape index (κ1) is 17.7. The number of aromatic nitrogens is 4. The van der Waals surface area contributed by atoms with E-state index in [2.05, 4.69) is 28.6 Å². The van der Waals surface area contributed by atoms with E-state index in [-0.39, 0.29) is 0 Å². The van der Waals surface area contributed by atoms with Gasteiger partial charge in [-0.3, -0.25) is 4.68 Å². The zero-order valence-electron chi connectivity index (χ0n) is 16.1. The average Bonchev–Trinajstić information content (AvgIpc) is 3.34. The Morgan fingerprint density at radius 2 is 1.77 bits per heavy atom. The average molecular weight is 354 g/mol. The molecule has 2 aromatic rings. The fourth-order valence-electron chi connectivity index (χ4n) is 4.14. The number of nitrogens with two attached hydrogens (primary N) is 1. The molecule has 0 radical (unpaired) electrons. The van der Waals surface area contributed by atoms with Crippen LogP contribution in [-0.2, 0) is 12.8 Å². The largest absolute Gasteiger partial charge is 0.328 e. The van der Waals surface area contributed by atoms with Gasteiger partial charge >= 0.3 is 0 Å². The molecule has 26 heavy (non-hydrogen) atoms. The predicted octanol–water partition coefficient (Wildman–Crippen LogP) is 3.93. The summed E-state index contributed by atoms with van der Waals surface area (Å²) in [5.74, 6) is 2.47. The molecule has 2 aliphatic carbocycles. The van der Waals surface area contributed by atoms with Crippen LogP contribution in [0.15, 0.2) is 18.5 Å². The van der Waals surface area contributed by atoms with Gasteiger partial charge in [0.05, 0.1) is 11.9 Å². The molecule has 2 aromatic heterocycles. The van der Waals surface area contributed by atoms with Gasteiger partial charge in [0, 0.05) is 36.0 Å². The Balaban J connectivity index is 1.56. The molecule has 2 fully saturated rings. The molecule has 0 amide bonds. The highest BCUT2D eigenvalue weighted by Gasteiger charge is 2.27. The molecule has 0 atom stereocenters. The zero-order valence-corrected chi connectivity index (χ0v) is 16.1. The van der Waals surface area contributed by atoms with Crippen molar-refractivity contribution < 1.29 is 0 Å². The lowest BCUT2D eigenvalue weighted by molar-refractivity contribution is 0.321. The summed E-state index contributed by atoms with van der Waals surface area (Å²) in [6.45, 7) is 4.40. The van der Waals surface area contributed by atoms with Crippen molar-refractivity contribution in [2.45, 2.75) is 77.3 Å². The van der Waals surface area contributed by atoms with Gasteiger partial charge in [-0.05, 0) is 76.7 Å². The van der Waals surface area contributed by atoms with Crippen LogP contribution in [0.1, 0.15) is 69.9 Å². The van der Waals surface area contributed by atoms with Crippen molar-refractivity contribution in [3.63, 3.8) is 0 Å². The van der Waals surface area contributed by atoms with Crippen LogP contribution in [0, 0.1) is 11.8 Å². The second-order valence-corrected chi connectivity index (χ2v) is 8.53. The second-order valence-electron chi connectivity index (χ2n) is 8.53. The summed E-state index contributed by atoms with van der Waals surface area (Å²) in [6.07, 6.45) is 13.4. The first-order valence-electron chi connectivity index (χ1n) is 10.2. The molecule has 0 bridgehead atoms. The van der Waals surface area contributed by atoms with Gasteiger partial charge in [0.2, 0.25) is 0 Å². The highest BCUT2D eigenvalue weighted by molar-refractivity contribution is 5.61. The summed E-state index contributed by atoms with van der Waals surface area (Å²) < 4.78 is 2.18. The Labute approximate surface area is 156 Å². The van der Waals surface area contributed by atoms with Crippen LogP contribution >= 0.6 is 0 Å². The monoisotopic (exact) mass is 353 g/mol. The second kappa shape index (κ2) is 7.47. The van der Waals surface area contributed by atoms with E-state index in [1.807, 2.05) is 18.5 Å². The molecule has 0 aliphatic heterocycles. The molecule has 0 saturated heterocycles. The lowest BCUT2D eigenvalue weighted by Gasteiger charge is -2.25. The van der Waals surface area contributed by atoms with Gasteiger partial charge in [-0.2, -0.15) is 5.10 Å². The van der Waals surface area contributed by atoms with Gasteiger partial charge in [-0.1, -0.05) is 0 Å². The molecule has 140 valence electrons. The van der Waals surface area contributed by atoms with E-state index in [0.29, 0.717) is 18.0 Å². The number of hydrogen-bond donors (Lipinski definition) is 1. The third kappa shape index (κ3) is 3.98. The topological polar surface area (TPSA) is 69.6 Å². The van der Waals surface area contributed by atoms with Crippen molar-refractivity contribution in [1.29, 1.82) is 0 Å². The molecule has 2 saturated carbocycles. The standard InChI is InChI=1S/C21H31N5/c1-14(2)26-20(11-15-3-4-15)18(13-24-26)19-9-10-23-21(25-19)12-16-5-7-17(22)8-6-16/h9-10,13-17H,3-8,11-12,22H2,1-2H3. The van der Waals surface area contributed by atoms with Gasteiger partial charge in [-0.15, -0.1) is 0 Å². The molecular weight excluding hydrogens is 322 g/mol. The Hall–Kier alpha value is -1.75. The van der Waals surface area contributed by atoms with E-state index in [9.17, 15) is 0 Å². The number of nitrogens with zero attached hydrogens (tertiary/aromatic N) is 4. The molecule has 0 spiro atoms. The van der Waals surface area contributed by atoms with E-state index in [4.69, 9.17) is 10.7 Å². The first-order chi connectivity index (χ1) is 12.6. The summed E-state index contributed by atoms with van der Waals surface area (Å²) in [4.78, 5) is 9.47. The summed E-state index contributed by atoms with van der Waals surface area (Å²) in [5.41, 5.74) is 9.61. The maximum atomic E-state index is 6.04. The van der Waals surface area contributed by atoms with Crippen molar-refractivity contribution in [3.8, 4) is 11.3 Å². The third-order valence-electron chi connectivity index (χ3n) is 5.91. The lowest BCUT2D eigenvalue weighted by Crippen LogP contribution is -2.27. The van der Waals surface area contributed by atoms with Crippen LogP contribution < -0.4 is 5.73 Å². The van der Waals surface area contributed by atoms with Crippen LogP contribution in [0.3, 0.4) is 0 Å². The Kier molecular flexibility index (Phi) is 5.07. The van der Waals surface area contributed by atoms with Gasteiger partial charge in [-0.25, -0.2) is 9.97 Å². The molecule has 4 rings (SSSR count). The molecule has 2 N–H and O–H groups in total. The summed E-state index contributed by atoms with van der Waals surface area (Å²) >= 11 is 0. The quantitative estimate of drug-likeness (QED) is 0.854. The van der Waals surface area contributed by atoms with Crippen molar-refractivity contribution in [3.05, 3.63) is 30.0 Å².